The van der Waals surface area contributed by atoms with E-state index < -0.39 is 12.8 Å². The standard InChI is InChI=1S/C30H34F3N11O3.ClH/c1-20(16-43-19-37-40-41-43)47-27-12-21(2-3-22(27)13-34)23-14-35-29(36-15-23)38-26-17-44(39-28(26)46-18-30(31,32)33)25-6-4-24(5-7-25)42-8-10-45-11-9-42;/h2-3,12,14-15,17,19-20,24-25H,4-11,16,18H2,1H3,(H,35,36,38);1H/t20-,24-,25-;/m0./s1. The number of morpholine rings is 1. The fourth-order valence-corrected chi connectivity index (χ4v) is 5.87. The summed E-state index contributed by atoms with van der Waals surface area (Å²) in [6.07, 6.45) is 5.04. The van der Waals surface area contributed by atoms with Gasteiger partial charge in [0.2, 0.25) is 5.95 Å². The number of ether oxygens (including phenoxy) is 3. The zero-order chi connectivity index (χ0) is 32.8. The second-order valence-electron chi connectivity index (χ2n) is 11.5. The van der Waals surface area contributed by atoms with Gasteiger partial charge in [0.25, 0.3) is 5.88 Å². The van der Waals surface area contributed by atoms with Gasteiger partial charge in [-0.05, 0) is 60.7 Å². The van der Waals surface area contributed by atoms with E-state index in [0.717, 1.165) is 52.0 Å². The van der Waals surface area contributed by atoms with Gasteiger partial charge < -0.3 is 19.5 Å². The molecular weight excluding hydrogens is 655 g/mol. The summed E-state index contributed by atoms with van der Waals surface area (Å²) in [5.41, 5.74) is 1.94. The Balaban J connectivity index is 0.00000451. The first-order valence-corrected chi connectivity index (χ1v) is 15.4. The van der Waals surface area contributed by atoms with Gasteiger partial charge in [0.1, 0.15) is 29.9 Å². The van der Waals surface area contributed by atoms with Crippen LogP contribution < -0.4 is 14.8 Å². The van der Waals surface area contributed by atoms with Crippen molar-refractivity contribution < 1.29 is 27.4 Å². The monoisotopic (exact) mass is 689 g/mol. The second-order valence-corrected chi connectivity index (χ2v) is 11.5. The van der Waals surface area contributed by atoms with E-state index in [4.69, 9.17) is 14.2 Å². The largest absolute Gasteiger partial charge is 0.487 e. The number of tetrazole rings is 1. The molecule has 1 N–H and O–H groups in total. The van der Waals surface area contributed by atoms with Crippen molar-refractivity contribution in [3.05, 3.63) is 48.7 Å². The Morgan fingerprint density at radius 1 is 1.08 bits per heavy atom. The topological polar surface area (TPSA) is 154 Å². The fourth-order valence-electron chi connectivity index (χ4n) is 5.87. The average Bonchev–Trinajstić information content (AvgIpc) is 3.74. The highest BCUT2D eigenvalue weighted by Crippen LogP contribution is 2.35. The molecule has 3 aromatic heterocycles. The lowest BCUT2D eigenvalue weighted by Crippen LogP contribution is -2.45. The van der Waals surface area contributed by atoms with E-state index in [2.05, 4.69) is 46.9 Å². The van der Waals surface area contributed by atoms with Gasteiger partial charge in [0.05, 0.1) is 37.6 Å². The van der Waals surface area contributed by atoms with E-state index in [1.807, 2.05) is 6.92 Å². The molecule has 1 saturated carbocycles. The van der Waals surface area contributed by atoms with Crippen molar-refractivity contribution in [3.8, 4) is 28.8 Å². The number of nitriles is 1. The lowest BCUT2D eigenvalue weighted by molar-refractivity contribution is -0.154. The molecule has 1 aliphatic carbocycles. The number of alkyl halides is 3. The van der Waals surface area contributed by atoms with Crippen molar-refractivity contribution in [3.63, 3.8) is 0 Å². The molecule has 1 atom stereocenters. The summed E-state index contributed by atoms with van der Waals surface area (Å²) in [7, 11) is 0. The number of nitrogens with one attached hydrogen (secondary N) is 1. The number of rotatable bonds is 11. The Hall–Kier alpha value is -4.53. The Bertz CT molecular complexity index is 1650. The molecule has 48 heavy (non-hydrogen) atoms. The number of nitrogens with zero attached hydrogens (tertiary/aromatic N) is 10. The maximum Gasteiger partial charge on any atom is 0.422 e. The zero-order valence-electron chi connectivity index (χ0n) is 26.1. The van der Waals surface area contributed by atoms with E-state index in [0.29, 0.717) is 35.0 Å². The molecule has 0 amide bonds. The fraction of sp³-hybridized carbons (Fsp3) is 0.500. The van der Waals surface area contributed by atoms with Crippen molar-refractivity contribution in [2.24, 2.45) is 0 Å². The van der Waals surface area contributed by atoms with Gasteiger partial charge in [-0.3, -0.25) is 9.58 Å². The van der Waals surface area contributed by atoms with Crippen molar-refractivity contribution in [1.82, 2.24) is 44.9 Å². The zero-order valence-corrected chi connectivity index (χ0v) is 26.9. The van der Waals surface area contributed by atoms with Gasteiger partial charge in [-0.2, -0.15) is 18.4 Å². The molecule has 1 saturated heterocycles. The van der Waals surface area contributed by atoms with Crippen LogP contribution in [-0.2, 0) is 11.3 Å². The van der Waals surface area contributed by atoms with Crippen LogP contribution in [-0.4, -0.2) is 96.1 Å². The van der Waals surface area contributed by atoms with Crippen LogP contribution in [0.5, 0.6) is 11.6 Å². The summed E-state index contributed by atoms with van der Waals surface area (Å²) >= 11 is 0. The van der Waals surface area contributed by atoms with E-state index in [1.165, 1.54) is 11.0 Å². The molecule has 4 heterocycles. The number of benzene rings is 1. The SMILES string of the molecule is C[C@@H](Cn1cnnn1)Oc1cc(-c2cnc(Nc3cn([C@H]4CC[C@H](N5CCOCC5)CC4)nc3OCC(F)(F)F)nc2)ccc1C#N.Cl. The third-order valence-corrected chi connectivity index (χ3v) is 8.17. The lowest BCUT2D eigenvalue weighted by atomic mass is 9.90. The van der Waals surface area contributed by atoms with Crippen LogP contribution in [0.25, 0.3) is 11.1 Å². The molecule has 0 spiro atoms. The number of halogens is 4. The highest BCUT2D eigenvalue weighted by atomic mass is 35.5. The van der Waals surface area contributed by atoms with Crippen LogP contribution in [0.3, 0.4) is 0 Å². The minimum atomic E-state index is -4.52. The third-order valence-electron chi connectivity index (χ3n) is 8.17. The average molecular weight is 690 g/mol. The highest BCUT2D eigenvalue weighted by Gasteiger charge is 2.32. The third kappa shape index (κ3) is 8.88. The van der Waals surface area contributed by atoms with Gasteiger partial charge >= 0.3 is 6.18 Å². The van der Waals surface area contributed by atoms with E-state index in [-0.39, 0.29) is 42.1 Å². The molecule has 0 bridgehead atoms. The first-order chi connectivity index (χ1) is 22.7. The van der Waals surface area contributed by atoms with Gasteiger partial charge in [-0.1, -0.05) is 6.07 Å². The molecule has 2 fully saturated rings. The number of hydrogen-bond donors (Lipinski definition) is 1. The predicted molar refractivity (Wildman–Crippen MR) is 168 cm³/mol. The van der Waals surface area contributed by atoms with Gasteiger partial charge in [-0.25, -0.2) is 14.6 Å². The summed E-state index contributed by atoms with van der Waals surface area (Å²) in [5.74, 6) is 0.363. The molecule has 0 radical (unpaired) electrons. The van der Waals surface area contributed by atoms with E-state index in [1.54, 1.807) is 41.5 Å². The van der Waals surface area contributed by atoms with Crippen LogP contribution >= 0.6 is 12.4 Å². The summed E-state index contributed by atoms with van der Waals surface area (Å²) in [4.78, 5) is 11.2. The van der Waals surface area contributed by atoms with Crippen LogP contribution in [0.15, 0.2) is 43.1 Å². The molecule has 1 aromatic carbocycles. The molecular formula is C30H35ClF3N11O3. The summed E-state index contributed by atoms with van der Waals surface area (Å²) < 4.78 is 59.0. The summed E-state index contributed by atoms with van der Waals surface area (Å²) in [6.45, 7) is 4.06. The summed E-state index contributed by atoms with van der Waals surface area (Å²) in [6, 6.07) is 7.75. The van der Waals surface area contributed by atoms with Crippen molar-refractivity contribution in [2.75, 3.05) is 38.2 Å². The van der Waals surface area contributed by atoms with Crippen LogP contribution in [0.1, 0.15) is 44.2 Å². The Morgan fingerprint density at radius 2 is 1.81 bits per heavy atom. The minimum Gasteiger partial charge on any atom is -0.487 e. The Kier molecular flexibility index (Phi) is 11.3. The molecule has 14 nitrogen and oxygen atoms in total. The lowest BCUT2D eigenvalue weighted by Gasteiger charge is -2.38. The van der Waals surface area contributed by atoms with Crippen LogP contribution in [0.4, 0.5) is 24.8 Å². The van der Waals surface area contributed by atoms with Crippen molar-refractivity contribution >= 4 is 24.0 Å². The first kappa shape index (κ1) is 34.8. The number of aromatic nitrogens is 8. The molecule has 0 unspecified atom stereocenters. The van der Waals surface area contributed by atoms with Gasteiger partial charge in [0.15, 0.2) is 6.61 Å². The maximum atomic E-state index is 13.1. The molecule has 2 aliphatic rings. The predicted octanol–water partition coefficient (Wildman–Crippen LogP) is 4.59. The molecule has 1 aliphatic heterocycles. The normalized spacial score (nSPS) is 19.1. The first-order valence-electron chi connectivity index (χ1n) is 15.4. The summed E-state index contributed by atoms with van der Waals surface area (Å²) in [5, 5.41) is 28.0. The smallest absolute Gasteiger partial charge is 0.422 e. The van der Waals surface area contributed by atoms with E-state index >= 15 is 0 Å². The van der Waals surface area contributed by atoms with E-state index in [9.17, 15) is 18.4 Å². The molecule has 18 heteroatoms. The minimum absolute atomic E-state index is 0. The molecule has 4 aromatic rings. The molecule has 6 rings (SSSR count). The van der Waals surface area contributed by atoms with Crippen molar-refractivity contribution in [2.45, 2.75) is 63.5 Å². The maximum absolute atomic E-state index is 13.1. The van der Waals surface area contributed by atoms with Crippen molar-refractivity contribution in [1.29, 1.82) is 5.26 Å². The second kappa shape index (κ2) is 15.6. The van der Waals surface area contributed by atoms with Gasteiger partial charge in [0, 0.05) is 37.1 Å². The van der Waals surface area contributed by atoms with Crippen LogP contribution in [0.2, 0.25) is 0 Å². The quantitative estimate of drug-likeness (QED) is 0.234. The molecule has 256 valence electrons. The number of anilines is 2. The van der Waals surface area contributed by atoms with Crippen LogP contribution in [0, 0.1) is 11.3 Å². The Morgan fingerprint density at radius 3 is 2.48 bits per heavy atom. The Labute approximate surface area is 280 Å². The highest BCUT2D eigenvalue weighted by molar-refractivity contribution is 5.85. The van der Waals surface area contributed by atoms with Gasteiger partial charge in [-0.15, -0.1) is 22.6 Å². The number of hydrogen-bond acceptors (Lipinski definition) is 12.